The van der Waals surface area contributed by atoms with Crippen LogP contribution in [0.25, 0.3) is 5.52 Å². The Hall–Kier alpha value is -2.69. The molecule has 0 amide bonds. The van der Waals surface area contributed by atoms with Gasteiger partial charge in [-0.3, -0.25) is 0 Å². The van der Waals surface area contributed by atoms with Crippen LogP contribution in [0, 0.1) is 0 Å². The van der Waals surface area contributed by atoms with Gasteiger partial charge in [-0.25, -0.2) is 4.52 Å². The summed E-state index contributed by atoms with van der Waals surface area (Å²) in [5.74, 6) is 1.61. The first-order chi connectivity index (χ1) is 10.4. The second-order valence-corrected chi connectivity index (χ2v) is 4.91. The van der Waals surface area contributed by atoms with Gasteiger partial charge in [0.2, 0.25) is 0 Å². The summed E-state index contributed by atoms with van der Waals surface area (Å²) in [6, 6.07) is 12.0. The Morgan fingerprint density at radius 1 is 1.10 bits per heavy atom. The molecule has 0 unspecified atom stereocenters. The van der Waals surface area contributed by atoms with Gasteiger partial charge in [-0.15, -0.1) is 0 Å². The Labute approximate surface area is 122 Å². The SMILES string of the molecule is c1ccn2ncc(CNc3ccc4c(c3)OCCO4)c2c1. The summed E-state index contributed by atoms with van der Waals surface area (Å²) in [6.07, 6.45) is 3.84. The fourth-order valence-electron chi connectivity index (χ4n) is 2.47. The first-order valence-electron chi connectivity index (χ1n) is 6.95. The normalized spacial score (nSPS) is 13.3. The highest BCUT2D eigenvalue weighted by molar-refractivity contribution is 5.58. The van der Waals surface area contributed by atoms with Gasteiger partial charge in [0.25, 0.3) is 0 Å². The molecule has 0 saturated carbocycles. The topological polar surface area (TPSA) is 47.8 Å². The highest BCUT2D eigenvalue weighted by Gasteiger charge is 2.11. The third kappa shape index (κ3) is 2.27. The average molecular weight is 281 g/mol. The van der Waals surface area contributed by atoms with Gasteiger partial charge in [0, 0.05) is 30.1 Å². The first kappa shape index (κ1) is 12.1. The average Bonchev–Trinajstić information content (AvgIpc) is 2.96. The van der Waals surface area contributed by atoms with Crippen LogP contribution in [-0.2, 0) is 6.54 Å². The van der Waals surface area contributed by atoms with Crippen molar-refractivity contribution in [1.82, 2.24) is 9.61 Å². The molecule has 3 aromatic rings. The molecule has 0 aliphatic carbocycles. The first-order valence-corrected chi connectivity index (χ1v) is 6.95. The molecule has 3 heterocycles. The van der Waals surface area contributed by atoms with Crippen LogP contribution in [0.5, 0.6) is 11.5 Å². The third-order valence-corrected chi connectivity index (χ3v) is 3.53. The summed E-state index contributed by atoms with van der Waals surface area (Å²) in [6.45, 7) is 1.93. The largest absolute Gasteiger partial charge is 0.486 e. The number of anilines is 1. The smallest absolute Gasteiger partial charge is 0.163 e. The third-order valence-electron chi connectivity index (χ3n) is 3.53. The molecular formula is C16H15N3O2. The van der Waals surface area contributed by atoms with Crippen molar-refractivity contribution in [2.45, 2.75) is 6.54 Å². The van der Waals surface area contributed by atoms with Crippen molar-refractivity contribution in [3.05, 3.63) is 54.4 Å². The highest BCUT2D eigenvalue weighted by Crippen LogP contribution is 2.32. The highest BCUT2D eigenvalue weighted by atomic mass is 16.6. The van der Waals surface area contributed by atoms with E-state index in [-0.39, 0.29) is 0 Å². The van der Waals surface area contributed by atoms with E-state index in [9.17, 15) is 0 Å². The fraction of sp³-hybridized carbons (Fsp3) is 0.188. The van der Waals surface area contributed by atoms with Crippen LogP contribution in [0.4, 0.5) is 5.69 Å². The van der Waals surface area contributed by atoms with Gasteiger partial charge in [-0.05, 0) is 24.3 Å². The second kappa shape index (κ2) is 5.01. The molecule has 1 N–H and O–H groups in total. The Bertz CT molecular complexity index is 782. The van der Waals surface area contributed by atoms with E-state index in [0.717, 1.165) is 28.3 Å². The zero-order valence-corrected chi connectivity index (χ0v) is 11.5. The molecule has 4 rings (SSSR count). The monoisotopic (exact) mass is 281 g/mol. The Morgan fingerprint density at radius 2 is 2.00 bits per heavy atom. The van der Waals surface area contributed by atoms with Gasteiger partial charge in [0.1, 0.15) is 13.2 Å². The maximum Gasteiger partial charge on any atom is 0.163 e. The quantitative estimate of drug-likeness (QED) is 0.802. The number of nitrogens with zero attached hydrogens (tertiary/aromatic N) is 2. The van der Waals surface area contributed by atoms with Crippen LogP contribution in [0.3, 0.4) is 0 Å². The molecule has 1 aliphatic heterocycles. The van der Waals surface area contributed by atoms with E-state index in [0.29, 0.717) is 19.8 Å². The molecule has 0 atom stereocenters. The minimum atomic E-state index is 0.602. The van der Waals surface area contributed by atoms with E-state index in [1.54, 1.807) is 0 Å². The molecule has 106 valence electrons. The molecule has 1 aliphatic rings. The molecule has 0 fully saturated rings. The predicted octanol–water partition coefficient (Wildman–Crippen LogP) is 2.72. The molecule has 5 heteroatoms. The maximum atomic E-state index is 5.59. The van der Waals surface area contributed by atoms with Crippen LogP contribution >= 0.6 is 0 Å². The number of nitrogens with one attached hydrogen (secondary N) is 1. The number of rotatable bonds is 3. The van der Waals surface area contributed by atoms with E-state index in [2.05, 4.69) is 16.5 Å². The number of hydrogen-bond donors (Lipinski definition) is 1. The molecule has 5 nitrogen and oxygen atoms in total. The van der Waals surface area contributed by atoms with Crippen LogP contribution in [0.1, 0.15) is 5.56 Å². The van der Waals surface area contributed by atoms with Gasteiger partial charge in [0.15, 0.2) is 11.5 Å². The molecule has 1 aromatic carbocycles. The van der Waals surface area contributed by atoms with Gasteiger partial charge in [0.05, 0.1) is 11.7 Å². The number of fused-ring (bicyclic) bond motifs is 2. The lowest BCUT2D eigenvalue weighted by molar-refractivity contribution is 0.171. The van der Waals surface area contributed by atoms with Gasteiger partial charge in [-0.1, -0.05) is 6.07 Å². The zero-order chi connectivity index (χ0) is 14.1. The summed E-state index contributed by atoms with van der Waals surface area (Å²) in [5, 5.41) is 7.73. The van der Waals surface area contributed by atoms with Crippen LogP contribution in [-0.4, -0.2) is 22.8 Å². The van der Waals surface area contributed by atoms with Crippen molar-refractivity contribution in [1.29, 1.82) is 0 Å². The lowest BCUT2D eigenvalue weighted by atomic mass is 10.2. The lowest BCUT2D eigenvalue weighted by Crippen LogP contribution is -2.15. The predicted molar refractivity (Wildman–Crippen MR) is 80.0 cm³/mol. The zero-order valence-electron chi connectivity index (χ0n) is 11.5. The maximum absolute atomic E-state index is 5.59. The van der Waals surface area contributed by atoms with E-state index in [1.807, 2.05) is 47.2 Å². The number of hydrogen-bond acceptors (Lipinski definition) is 4. The minimum Gasteiger partial charge on any atom is -0.486 e. The van der Waals surface area contributed by atoms with E-state index in [1.165, 1.54) is 0 Å². The van der Waals surface area contributed by atoms with Crippen LogP contribution < -0.4 is 14.8 Å². The fourth-order valence-corrected chi connectivity index (χ4v) is 2.47. The van der Waals surface area contributed by atoms with E-state index in [4.69, 9.17) is 9.47 Å². The van der Waals surface area contributed by atoms with Crippen molar-refractivity contribution in [2.24, 2.45) is 0 Å². The Kier molecular flexibility index (Phi) is 2.88. The summed E-state index contributed by atoms with van der Waals surface area (Å²) in [5.41, 5.74) is 3.28. The van der Waals surface area contributed by atoms with Crippen molar-refractivity contribution in [3.8, 4) is 11.5 Å². The molecule has 0 bridgehead atoms. The summed E-state index contributed by atoms with van der Waals surface area (Å²) >= 11 is 0. The van der Waals surface area contributed by atoms with Crippen molar-refractivity contribution >= 4 is 11.2 Å². The number of aromatic nitrogens is 2. The number of benzene rings is 1. The van der Waals surface area contributed by atoms with Crippen molar-refractivity contribution < 1.29 is 9.47 Å². The molecule has 0 saturated heterocycles. The summed E-state index contributed by atoms with van der Waals surface area (Å²) in [4.78, 5) is 0. The summed E-state index contributed by atoms with van der Waals surface area (Å²) < 4.78 is 13.0. The number of ether oxygens (including phenoxy) is 2. The lowest BCUT2D eigenvalue weighted by Gasteiger charge is -2.19. The standard InChI is InChI=1S/C16H15N3O2/c1-2-6-19-14(3-1)12(11-18-19)10-17-13-4-5-15-16(9-13)21-8-7-20-15/h1-6,9,11,17H,7-8,10H2. The second-order valence-electron chi connectivity index (χ2n) is 4.91. The van der Waals surface area contributed by atoms with Gasteiger partial charge in [-0.2, -0.15) is 5.10 Å². The van der Waals surface area contributed by atoms with Crippen molar-refractivity contribution in [2.75, 3.05) is 18.5 Å². The van der Waals surface area contributed by atoms with Crippen LogP contribution in [0.2, 0.25) is 0 Å². The Morgan fingerprint density at radius 3 is 2.95 bits per heavy atom. The Balaban J connectivity index is 1.54. The van der Waals surface area contributed by atoms with Crippen LogP contribution in [0.15, 0.2) is 48.8 Å². The van der Waals surface area contributed by atoms with Gasteiger partial charge >= 0.3 is 0 Å². The summed E-state index contributed by atoms with van der Waals surface area (Å²) in [7, 11) is 0. The molecule has 0 radical (unpaired) electrons. The minimum absolute atomic E-state index is 0.602. The molecule has 21 heavy (non-hydrogen) atoms. The van der Waals surface area contributed by atoms with E-state index >= 15 is 0 Å². The van der Waals surface area contributed by atoms with E-state index < -0.39 is 0 Å². The molecule has 0 spiro atoms. The number of pyridine rings is 1. The van der Waals surface area contributed by atoms with Crippen molar-refractivity contribution in [3.63, 3.8) is 0 Å². The van der Waals surface area contributed by atoms with Gasteiger partial charge < -0.3 is 14.8 Å². The molecular weight excluding hydrogens is 266 g/mol. The molecule has 2 aromatic heterocycles.